The minimum atomic E-state index is -0.787. The van der Waals surface area contributed by atoms with Crippen molar-refractivity contribution in [1.29, 1.82) is 0 Å². The van der Waals surface area contributed by atoms with Crippen LogP contribution < -0.4 is 5.32 Å². The number of amides is 1. The number of unbranched alkanes of at least 4 members (excludes halogenated alkanes) is 30. The number of nitrogens with one attached hydrogen (secondary N) is 1. The zero-order valence-corrected chi connectivity index (χ0v) is 40.8. The van der Waals surface area contributed by atoms with Gasteiger partial charge in [-0.25, -0.2) is 0 Å². The van der Waals surface area contributed by atoms with Crippen molar-refractivity contribution in [3.63, 3.8) is 0 Å². The molecule has 0 rings (SSSR count). The molecule has 3 N–H and O–H groups in total. The van der Waals surface area contributed by atoms with Crippen LogP contribution in [0, 0.1) is 0 Å². The monoisotopic (exact) mass is 858 g/mol. The summed E-state index contributed by atoms with van der Waals surface area (Å²) in [6.07, 6.45) is 57.8. The highest BCUT2D eigenvalue weighted by Gasteiger charge is 2.24. The molecule has 0 aromatic heterocycles. The zero-order valence-electron chi connectivity index (χ0n) is 40.8. The number of allylic oxidation sites excluding steroid dienone is 6. The molecular weight excluding hydrogens is 755 g/mol. The van der Waals surface area contributed by atoms with Gasteiger partial charge in [0, 0.05) is 6.42 Å². The summed E-state index contributed by atoms with van der Waals surface area (Å²) in [5.74, 6) is -0.478. The standard InChI is InChI=1S/C55H103NO5/c1-4-7-10-13-16-19-22-24-25-26-27-28-29-31-33-36-39-42-45-48-55(60)61-51(46-43-40-37-34-32-30-23-20-17-14-11-8-5-2)49-54(59)56-52(50-57)53(58)47-44-41-38-35-21-18-15-12-9-6-3/h16,19-20,23-25,51-53,57-58H,4-15,17-18,21-22,26-50H2,1-3H3,(H,56,59)/b19-16-,23-20-,25-24-. The summed E-state index contributed by atoms with van der Waals surface area (Å²) in [5.41, 5.74) is 0. The number of aliphatic hydroxyl groups excluding tert-OH is 2. The smallest absolute Gasteiger partial charge is 0.306 e. The van der Waals surface area contributed by atoms with Crippen LogP contribution in [0.25, 0.3) is 0 Å². The number of esters is 1. The van der Waals surface area contributed by atoms with Crippen molar-refractivity contribution in [2.75, 3.05) is 6.61 Å². The van der Waals surface area contributed by atoms with Crippen LogP contribution in [-0.2, 0) is 14.3 Å². The van der Waals surface area contributed by atoms with Gasteiger partial charge in [-0.05, 0) is 83.5 Å². The predicted octanol–water partition coefficient (Wildman–Crippen LogP) is 16.1. The molecule has 0 fully saturated rings. The Hall–Kier alpha value is -1.92. The normalized spacial score (nSPS) is 13.5. The first-order valence-corrected chi connectivity index (χ1v) is 26.7. The molecule has 1 amide bonds. The summed E-state index contributed by atoms with van der Waals surface area (Å²) >= 11 is 0. The SMILES string of the molecule is CCCCC/C=C\C/C=C\CCCCCCCCCCCC(=O)OC(CCCCCCC/C=C\CCCCCC)CC(=O)NC(CO)C(O)CCCCCCCCCCCC. The van der Waals surface area contributed by atoms with Crippen LogP contribution in [0.3, 0.4) is 0 Å². The summed E-state index contributed by atoms with van der Waals surface area (Å²) in [6, 6.07) is -0.702. The molecule has 0 aliphatic heterocycles. The Balaban J connectivity index is 4.51. The lowest BCUT2D eigenvalue weighted by atomic mass is 10.0. The van der Waals surface area contributed by atoms with E-state index in [1.165, 1.54) is 161 Å². The number of ether oxygens (including phenoxy) is 1. The van der Waals surface area contributed by atoms with Crippen molar-refractivity contribution in [3.05, 3.63) is 36.5 Å². The van der Waals surface area contributed by atoms with E-state index in [0.717, 1.165) is 70.6 Å². The lowest BCUT2D eigenvalue weighted by molar-refractivity contribution is -0.151. The van der Waals surface area contributed by atoms with Gasteiger partial charge in [-0.2, -0.15) is 0 Å². The summed E-state index contributed by atoms with van der Waals surface area (Å²) in [7, 11) is 0. The number of hydrogen-bond acceptors (Lipinski definition) is 5. The molecule has 0 saturated carbocycles. The Labute approximate surface area is 379 Å². The van der Waals surface area contributed by atoms with E-state index >= 15 is 0 Å². The number of carbonyl (C=O) groups excluding carboxylic acids is 2. The Bertz CT molecular complexity index is 1010. The highest BCUT2D eigenvalue weighted by molar-refractivity contribution is 5.77. The molecule has 6 heteroatoms. The van der Waals surface area contributed by atoms with Crippen LogP contribution in [0.15, 0.2) is 36.5 Å². The number of carbonyl (C=O) groups is 2. The van der Waals surface area contributed by atoms with Crippen LogP contribution >= 0.6 is 0 Å². The number of aliphatic hydroxyl groups is 2. The van der Waals surface area contributed by atoms with E-state index in [4.69, 9.17) is 4.74 Å². The first kappa shape index (κ1) is 59.1. The minimum absolute atomic E-state index is 0.0725. The summed E-state index contributed by atoms with van der Waals surface area (Å²) in [6.45, 7) is 6.44. The van der Waals surface area contributed by atoms with E-state index in [1.54, 1.807) is 0 Å². The molecule has 0 bridgehead atoms. The summed E-state index contributed by atoms with van der Waals surface area (Å²) in [5, 5.41) is 23.7. The van der Waals surface area contributed by atoms with Gasteiger partial charge in [-0.3, -0.25) is 9.59 Å². The Morgan fingerprint density at radius 1 is 0.475 bits per heavy atom. The topological polar surface area (TPSA) is 95.9 Å². The van der Waals surface area contributed by atoms with E-state index in [-0.39, 0.29) is 24.9 Å². The number of rotatable bonds is 48. The fourth-order valence-electron chi connectivity index (χ4n) is 8.10. The van der Waals surface area contributed by atoms with Crippen molar-refractivity contribution in [2.24, 2.45) is 0 Å². The van der Waals surface area contributed by atoms with Gasteiger partial charge in [0.2, 0.25) is 5.91 Å². The fraction of sp³-hybridized carbons (Fsp3) is 0.855. The van der Waals surface area contributed by atoms with Crippen LogP contribution in [0.1, 0.15) is 278 Å². The van der Waals surface area contributed by atoms with Gasteiger partial charge in [0.1, 0.15) is 6.10 Å². The minimum Gasteiger partial charge on any atom is -0.462 e. The maximum atomic E-state index is 13.2. The third-order valence-electron chi connectivity index (χ3n) is 12.2. The van der Waals surface area contributed by atoms with E-state index in [0.29, 0.717) is 19.3 Å². The van der Waals surface area contributed by atoms with Crippen molar-refractivity contribution < 1.29 is 24.5 Å². The molecule has 0 spiro atoms. The molecule has 6 nitrogen and oxygen atoms in total. The van der Waals surface area contributed by atoms with Gasteiger partial charge >= 0.3 is 5.97 Å². The number of hydrogen-bond donors (Lipinski definition) is 3. The molecule has 0 radical (unpaired) electrons. The first-order valence-electron chi connectivity index (χ1n) is 26.7. The van der Waals surface area contributed by atoms with Gasteiger partial charge in [-0.15, -0.1) is 0 Å². The Morgan fingerprint density at radius 3 is 1.31 bits per heavy atom. The fourth-order valence-corrected chi connectivity index (χ4v) is 8.10. The highest BCUT2D eigenvalue weighted by Crippen LogP contribution is 2.18. The Morgan fingerprint density at radius 2 is 0.836 bits per heavy atom. The third kappa shape index (κ3) is 44.5. The van der Waals surface area contributed by atoms with Crippen LogP contribution in [0.5, 0.6) is 0 Å². The molecular formula is C55H103NO5. The summed E-state index contributed by atoms with van der Waals surface area (Å²) in [4.78, 5) is 26.2. The van der Waals surface area contributed by atoms with Crippen molar-refractivity contribution in [3.8, 4) is 0 Å². The van der Waals surface area contributed by atoms with E-state index in [9.17, 15) is 19.8 Å². The predicted molar refractivity (Wildman–Crippen MR) is 264 cm³/mol. The van der Waals surface area contributed by atoms with Gasteiger partial charge in [0.15, 0.2) is 0 Å². The van der Waals surface area contributed by atoms with Crippen molar-refractivity contribution >= 4 is 11.9 Å². The lowest BCUT2D eigenvalue weighted by Gasteiger charge is -2.24. The second-order valence-corrected chi connectivity index (χ2v) is 18.3. The highest BCUT2D eigenvalue weighted by atomic mass is 16.5. The van der Waals surface area contributed by atoms with Gasteiger partial charge in [-0.1, -0.05) is 218 Å². The molecule has 3 atom stereocenters. The molecule has 358 valence electrons. The molecule has 0 saturated heterocycles. The second-order valence-electron chi connectivity index (χ2n) is 18.3. The average Bonchev–Trinajstić information content (AvgIpc) is 3.25. The lowest BCUT2D eigenvalue weighted by Crippen LogP contribution is -2.46. The molecule has 61 heavy (non-hydrogen) atoms. The average molecular weight is 858 g/mol. The molecule has 0 heterocycles. The summed E-state index contributed by atoms with van der Waals surface area (Å²) < 4.78 is 5.94. The van der Waals surface area contributed by atoms with Crippen LogP contribution in [0.4, 0.5) is 0 Å². The maximum absolute atomic E-state index is 13.2. The van der Waals surface area contributed by atoms with Crippen LogP contribution in [-0.4, -0.2) is 46.9 Å². The van der Waals surface area contributed by atoms with Crippen molar-refractivity contribution in [2.45, 2.75) is 296 Å². The maximum Gasteiger partial charge on any atom is 0.306 e. The van der Waals surface area contributed by atoms with Gasteiger partial charge < -0.3 is 20.3 Å². The largest absolute Gasteiger partial charge is 0.462 e. The first-order chi connectivity index (χ1) is 30.0. The zero-order chi connectivity index (χ0) is 44.5. The van der Waals surface area contributed by atoms with Gasteiger partial charge in [0.25, 0.3) is 0 Å². The van der Waals surface area contributed by atoms with Crippen LogP contribution in [0.2, 0.25) is 0 Å². The van der Waals surface area contributed by atoms with E-state index < -0.39 is 18.2 Å². The molecule has 0 aromatic carbocycles. The van der Waals surface area contributed by atoms with E-state index in [2.05, 4.69) is 62.5 Å². The molecule has 0 aromatic rings. The molecule has 3 unspecified atom stereocenters. The molecule has 0 aliphatic carbocycles. The Kier molecular flexibility index (Phi) is 47.6. The van der Waals surface area contributed by atoms with Crippen molar-refractivity contribution in [1.82, 2.24) is 5.32 Å². The van der Waals surface area contributed by atoms with Gasteiger partial charge in [0.05, 0.1) is 25.2 Å². The third-order valence-corrected chi connectivity index (χ3v) is 12.2. The second kappa shape index (κ2) is 49.1. The quantitative estimate of drug-likeness (QED) is 0.0322. The molecule has 0 aliphatic rings. The van der Waals surface area contributed by atoms with E-state index in [1.807, 2.05) is 0 Å².